The molecule has 0 aliphatic rings. The lowest BCUT2D eigenvalue weighted by Gasteiger charge is -2.13. The van der Waals surface area contributed by atoms with Crippen molar-refractivity contribution in [3.63, 3.8) is 0 Å². The van der Waals surface area contributed by atoms with E-state index in [1.165, 1.54) is 11.9 Å². The molecule has 0 spiro atoms. The summed E-state index contributed by atoms with van der Waals surface area (Å²) in [5, 5.41) is 6.59. The Labute approximate surface area is 187 Å². The zero-order valence-electron chi connectivity index (χ0n) is 16.6. The van der Waals surface area contributed by atoms with E-state index in [0.29, 0.717) is 12.4 Å². The van der Waals surface area contributed by atoms with E-state index in [1.807, 2.05) is 4.68 Å². The molecule has 0 bridgehead atoms. The standard InChI is InChI=1S/C23H19IN6/c1-13-6-8-15(9-7-13)20-17(10-16-5-3-4-14(2)19(16)28-20)11-30-23-18(21(24)29-30)22(25)26-12-27-23/h3-10,12H,11H2,1-2H3,(H2,25,26,27). The van der Waals surface area contributed by atoms with E-state index < -0.39 is 0 Å². The van der Waals surface area contributed by atoms with Crippen LogP contribution >= 0.6 is 22.6 Å². The van der Waals surface area contributed by atoms with Gasteiger partial charge < -0.3 is 5.73 Å². The van der Waals surface area contributed by atoms with Gasteiger partial charge in [-0.05, 0) is 48.1 Å². The number of hydrogen-bond donors (Lipinski definition) is 1. The molecule has 6 nitrogen and oxygen atoms in total. The molecule has 3 heterocycles. The Morgan fingerprint density at radius 1 is 1.03 bits per heavy atom. The first-order valence-corrected chi connectivity index (χ1v) is 10.7. The highest BCUT2D eigenvalue weighted by atomic mass is 127. The maximum absolute atomic E-state index is 6.07. The normalized spacial score (nSPS) is 11.4. The van der Waals surface area contributed by atoms with Gasteiger partial charge in [0, 0.05) is 16.5 Å². The van der Waals surface area contributed by atoms with E-state index in [9.17, 15) is 0 Å². The second-order valence-electron chi connectivity index (χ2n) is 7.41. The molecule has 7 heteroatoms. The zero-order valence-corrected chi connectivity index (χ0v) is 18.8. The first kappa shape index (κ1) is 18.9. The van der Waals surface area contributed by atoms with Gasteiger partial charge in [-0.1, -0.05) is 48.0 Å². The van der Waals surface area contributed by atoms with Crippen molar-refractivity contribution in [2.24, 2.45) is 0 Å². The summed E-state index contributed by atoms with van der Waals surface area (Å²) >= 11 is 2.18. The number of hydrogen-bond acceptors (Lipinski definition) is 5. The Kier molecular flexibility index (Phi) is 4.62. The molecule has 0 unspecified atom stereocenters. The number of fused-ring (bicyclic) bond motifs is 2. The van der Waals surface area contributed by atoms with Crippen LogP contribution in [0, 0.1) is 17.5 Å². The molecule has 30 heavy (non-hydrogen) atoms. The summed E-state index contributed by atoms with van der Waals surface area (Å²) in [5.41, 5.74) is 13.3. The molecule has 5 aromatic rings. The monoisotopic (exact) mass is 506 g/mol. The van der Waals surface area contributed by atoms with Crippen LogP contribution in [0.25, 0.3) is 33.2 Å². The molecule has 148 valence electrons. The largest absolute Gasteiger partial charge is 0.383 e. The summed E-state index contributed by atoms with van der Waals surface area (Å²) < 4.78 is 2.67. The zero-order chi connectivity index (χ0) is 20.8. The molecule has 0 aliphatic heterocycles. The summed E-state index contributed by atoms with van der Waals surface area (Å²) in [4.78, 5) is 13.6. The average Bonchev–Trinajstić information content (AvgIpc) is 3.05. The highest BCUT2D eigenvalue weighted by Crippen LogP contribution is 2.30. The lowest BCUT2D eigenvalue weighted by atomic mass is 10.0. The third-order valence-corrected chi connectivity index (χ3v) is 6.04. The van der Waals surface area contributed by atoms with Gasteiger partial charge in [0.15, 0.2) is 5.65 Å². The van der Waals surface area contributed by atoms with Gasteiger partial charge in [-0.15, -0.1) is 0 Å². The molecule has 0 aliphatic carbocycles. The Balaban J connectivity index is 1.73. The fraction of sp³-hybridized carbons (Fsp3) is 0.130. The summed E-state index contributed by atoms with van der Waals surface area (Å²) in [5.74, 6) is 0.446. The van der Waals surface area contributed by atoms with Crippen LogP contribution < -0.4 is 5.73 Å². The summed E-state index contributed by atoms with van der Waals surface area (Å²) in [7, 11) is 0. The number of benzene rings is 2. The Morgan fingerprint density at radius 2 is 1.83 bits per heavy atom. The van der Waals surface area contributed by atoms with Crippen molar-refractivity contribution in [3.05, 3.63) is 75.2 Å². The number of para-hydroxylation sites is 1. The smallest absolute Gasteiger partial charge is 0.164 e. The van der Waals surface area contributed by atoms with Gasteiger partial charge >= 0.3 is 0 Å². The molecule has 0 radical (unpaired) electrons. The number of pyridine rings is 1. The summed E-state index contributed by atoms with van der Waals surface area (Å²) in [6, 6.07) is 16.9. The van der Waals surface area contributed by atoms with Gasteiger partial charge in [-0.25, -0.2) is 19.6 Å². The third-order valence-electron chi connectivity index (χ3n) is 5.29. The summed E-state index contributed by atoms with van der Waals surface area (Å²) in [6.07, 6.45) is 1.48. The average molecular weight is 506 g/mol. The minimum absolute atomic E-state index is 0.446. The molecule has 0 amide bonds. The van der Waals surface area contributed by atoms with Crippen LogP contribution in [0.15, 0.2) is 54.9 Å². The first-order valence-electron chi connectivity index (χ1n) is 9.60. The number of nitrogens with zero attached hydrogens (tertiary/aromatic N) is 5. The predicted octanol–water partition coefficient (Wildman–Crippen LogP) is 4.89. The van der Waals surface area contributed by atoms with Crippen LogP contribution in [0.4, 0.5) is 5.82 Å². The van der Waals surface area contributed by atoms with Crippen molar-refractivity contribution in [2.75, 3.05) is 5.73 Å². The highest BCUT2D eigenvalue weighted by Gasteiger charge is 2.17. The van der Waals surface area contributed by atoms with E-state index in [0.717, 1.165) is 48.0 Å². The molecule has 5 rings (SSSR count). The predicted molar refractivity (Wildman–Crippen MR) is 128 cm³/mol. The SMILES string of the molecule is Cc1ccc(-c2nc3c(C)cccc3cc2Cn2nc(I)c3c(N)ncnc32)cc1. The maximum atomic E-state index is 6.07. The fourth-order valence-corrected chi connectivity index (χ4v) is 4.51. The minimum atomic E-state index is 0.446. The lowest BCUT2D eigenvalue weighted by Crippen LogP contribution is -2.06. The van der Waals surface area contributed by atoms with Crippen LogP contribution in [-0.4, -0.2) is 24.7 Å². The van der Waals surface area contributed by atoms with E-state index >= 15 is 0 Å². The Hall–Kier alpha value is -3.07. The van der Waals surface area contributed by atoms with Crippen molar-refractivity contribution >= 4 is 50.3 Å². The number of aryl methyl sites for hydroxylation is 2. The van der Waals surface area contributed by atoms with Crippen molar-refractivity contribution in [3.8, 4) is 11.3 Å². The third kappa shape index (κ3) is 3.19. The van der Waals surface area contributed by atoms with Crippen LogP contribution in [0.1, 0.15) is 16.7 Å². The topological polar surface area (TPSA) is 82.5 Å². The highest BCUT2D eigenvalue weighted by molar-refractivity contribution is 14.1. The van der Waals surface area contributed by atoms with Gasteiger partial charge in [-0.3, -0.25) is 0 Å². The van der Waals surface area contributed by atoms with Gasteiger partial charge in [0.2, 0.25) is 0 Å². The van der Waals surface area contributed by atoms with Crippen molar-refractivity contribution in [1.82, 2.24) is 24.7 Å². The Morgan fingerprint density at radius 3 is 2.63 bits per heavy atom. The van der Waals surface area contributed by atoms with Crippen molar-refractivity contribution in [1.29, 1.82) is 0 Å². The van der Waals surface area contributed by atoms with Gasteiger partial charge in [-0.2, -0.15) is 5.10 Å². The number of anilines is 1. The molecule has 0 fully saturated rings. The molecular formula is C23H19IN6. The number of rotatable bonds is 3. The molecule has 2 N–H and O–H groups in total. The van der Waals surface area contributed by atoms with Crippen molar-refractivity contribution < 1.29 is 0 Å². The quantitative estimate of drug-likeness (QED) is 0.353. The van der Waals surface area contributed by atoms with E-state index in [4.69, 9.17) is 10.7 Å². The van der Waals surface area contributed by atoms with E-state index in [1.54, 1.807) is 0 Å². The number of aromatic nitrogens is 5. The van der Waals surface area contributed by atoms with Crippen LogP contribution in [0.5, 0.6) is 0 Å². The molecule has 3 aromatic heterocycles. The molecular weight excluding hydrogens is 487 g/mol. The Bertz CT molecular complexity index is 1410. The fourth-order valence-electron chi connectivity index (χ4n) is 3.73. The molecule has 0 atom stereocenters. The minimum Gasteiger partial charge on any atom is -0.383 e. The van der Waals surface area contributed by atoms with Crippen LogP contribution in [0.3, 0.4) is 0 Å². The maximum Gasteiger partial charge on any atom is 0.164 e. The number of nitrogens with two attached hydrogens (primary N) is 1. The van der Waals surface area contributed by atoms with Crippen molar-refractivity contribution in [2.45, 2.75) is 20.4 Å². The molecule has 0 saturated carbocycles. The van der Waals surface area contributed by atoms with Gasteiger partial charge in [0.05, 0.1) is 23.1 Å². The van der Waals surface area contributed by atoms with Crippen LogP contribution in [0.2, 0.25) is 0 Å². The number of nitrogen functional groups attached to an aromatic ring is 1. The first-order chi connectivity index (χ1) is 14.5. The van der Waals surface area contributed by atoms with Gasteiger partial charge in [0.1, 0.15) is 15.8 Å². The lowest BCUT2D eigenvalue weighted by molar-refractivity contribution is 0.697. The van der Waals surface area contributed by atoms with E-state index in [2.05, 4.69) is 100 Å². The molecule has 2 aromatic carbocycles. The van der Waals surface area contributed by atoms with Crippen LogP contribution in [-0.2, 0) is 6.54 Å². The second kappa shape index (κ2) is 7.32. The molecule has 0 saturated heterocycles. The summed E-state index contributed by atoms with van der Waals surface area (Å²) in [6.45, 7) is 4.72. The second-order valence-corrected chi connectivity index (χ2v) is 8.44. The van der Waals surface area contributed by atoms with Gasteiger partial charge in [0.25, 0.3) is 0 Å². The van der Waals surface area contributed by atoms with E-state index in [-0.39, 0.29) is 0 Å². The number of halogens is 1.